The van der Waals surface area contributed by atoms with E-state index in [1.807, 2.05) is 51.1 Å². The fourth-order valence-corrected chi connectivity index (χ4v) is 3.84. The van der Waals surface area contributed by atoms with E-state index >= 15 is 0 Å². The van der Waals surface area contributed by atoms with Gasteiger partial charge in [0.2, 0.25) is 5.01 Å². The Hall–Kier alpha value is -2.32. The number of hydrogen-bond acceptors (Lipinski definition) is 7. The molecule has 0 atom stereocenters. The predicted octanol–water partition coefficient (Wildman–Crippen LogP) is 3.80. The number of aryl methyl sites for hydroxylation is 3. The fraction of sp³-hybridized carbons (Fsp3) is 0.235. The van der Waals surface area contributed by atoms with E-state index in [1.165, 1.54) is 11.3 Å². The number of thioether (sulfide) groups is 1. The van der Waals surface area contributed by atoms with Gasteiger partial charge in [0.1, 0.15) is 15.9 Å². The summed E-state index contributed by atoms with van der Waals surface area (Å²) in [7, 11) is 0. The number of aromatic nitrogens is 4. The highest BCUT2D eigenvalue weighted by Crippen LogP contribution is 2.23. The quantitative estimate of drug-likeness (QED) is 0.543. The van der Waals surface area contributed by atoms with Crippen LogP contribution in [0.2, 0.25) is 0 Å². The van der Waals surface area contributed by atoms with Crippen molar-refractivity contribution in [3.63, 3.8) is 0 Å². The van der Waals surface area contributed by atoms with Crippen LogP contribution in [0.1, 0.15) is 31.9 Å². The van der Waals surface area contributed by atoms with E-state index in [2.05, 4.69) is 25.5 Å². The molecule has 0 saturated heterocycles. The topological polar surface area (TPSA) is 80.7 Å². The summed E-state index contributed by atoms with van der Waals surface area (Å²) in [5.74, 6) is 1.12. The molecule has 25 heavy (non-hydrogen) atoms. The van der Waals surface area contributed by atoms with Crippen LogP contribution in [0.25, 0.3) is 0 Å². The molecule has 0 fully saturated rings. The summed E-state index contributed by atoms with van der Waals surface area (Å²) < 4.78 is 0. The van der Waals surface area contributed by atoms with Gasteiger partial charge in [0.15, 0.2) is 0 Å². The van der Waals surface area contributed by atoms with Crippen molar-refractivity contribution in [2.75, 3.05) is 5.32 Å². The standard InChI is InChI=1S/C17H17N5OS2/c1-10-4-6-13(7-5-10)20-16(23)17-22-21-15(25-17)9-24-14-8-11(2)18-12(3)19-14/h4-8H,9H2,1-3H3,(H,20,23). The Kier molecular flexibility index (Phi) is 5.40. The molecule has 0 spiro atoms. The number of carbonyl (C=O) groups excluding carboxylic acids is 1. The Bertz CT molecular complexity index is 872. The third kappa shape index (κ3) is 4.83. The largest absolute Gasteiger partial charge is 0.320 e. The molecule has 1 amide bonds. The van der Waals surface area contributed by atoms with E-state index in [-0.39, 0.29) is 5.91 Å². The lowest BCUT2D eigenvalue weighted by atomic mass is 10.2. The second-order valence-electron chi connectivity index (χ2n) is 5.50. The van der Waals surface area contributed by atoms with Gasteiger partial charge in [0.25, 0.3) is 5.91 Å². The molecule has 2 heterocycles. The molecular formula is C17H17N5OS2. The summed E-state index contributed by atoms with van der Waals surface area (Å²) in [6.07, 6.45) is 0. The molecule has 0 aliphatic heterocycles. The minimum absolute atomic E-state index is 0.244. The average Bonchev–Trinajstić information content (AvgIpc) is 3.03. The van der Waals surface area contributed by atoms with Gasteiger partial charge < -0.3 is 5.32 Å². The summed E-state index contributed by atoms with van der Waals surface area (Å²) in [4.78, 5) is 20.9. The first-order valence-corrected chi connectivity index (χ1v) is 9.45. The number of benzene rings is 1. The van der Waals surface area contributed by atoms with Gasteiger partial charge >= 0.3 is 0 Å². The molecule has 0 aliphatic carbocycles. The Morgan fingerprint density at radius 3 is 2.60 bits per heavy atom. The first-order chi connectivity index (χ1) is 12.0. The van der Waals surface area contributed by atoms with Crippen molar-refractivity contribution in [3.05, 3.63) is 57.4 Å². The zero-order valence-electron chi connectivity index (χ0n) is 14.1. The van der Waals surface area contributed by atoms with Crippen LogP contribution in [0.4, 0.5) is 5.69 Å². The molecule has 1 N–H and O–H groups in total. The molecule has 0 saturated carbocycles. The van der Waals surface area contributed by atoms with Gasteiger partial charge in [-0.15, -0.1) is 10.2 Å². The van der Waals surface area contributed by atoms with E-state index < -0.39 is 0 Å². The lowest BCUT2D eigenvalue weighted by molar-refractivity contribution is 0.102. The highest BCUT2D eigenvalue weighted by Gasteiger charge is 2.13. The summed E-state index contributed by atoms with van der Waals surface area (Å²) >= 11 is 2.85. The van der Waals surface area contributed by atoms with Crippen molar-refractivity contribution < 1.29 is 4.79 Å². The number of nitrogens with one attached hydrogen (secondary N) is 1. The van der Waals surface area contributed by atoms with Gasteiger partial charge in [-0.3, -0.25) is 4.79 Å². The molecule has 0 unspecified atom stereocenters. The van der Waals surface area contributed by atoms with Crippen LogP contribution < -0.4 is 5.32 Å². The molecule has 6 nitrogen and oxygen atoms in total. The zero-order chi connectivity index (χ0) is 17.8. The van der Waals surface area contributed by atoms with Crippen LogP contribution in [0.3, 0.4) is 0 Å². The normalized spacial score (nSPS) is 10.7. The van der Waals surface area contributed by atoms with Gasteiger partial charge in [-0.1, -0.05) is 40.8 Å². The monoisotopic (exact) mass is 371 g/mol. The number of carbonyl (C=O) groups is 1. The first kappa shape index (κ1) is 17.5. The summed E-state index contributed by atoms with van der Waals surface area (Å²) in [5.41, 5.74) is 2.82. The second-order valence-corrected chi connectivity index (χ2v) is 7.56. The summed E-state index contributed by atoms with van der Waals surface area (Å²) in [6, 6.07) is 9.56. The Balaban J connectivity index is 1.61. The van der Waals surface area contributed by atoms with Crippen LogP contribution in [0.5, 0.6) is 0 Å². The van der Waals surface area contributed by atoms with Crippen molar-refractivity contribution in [1.29, 1.82) is 0 Å². The predicted molar refractivity (Wildman–Crippen MR) is 100 cm³/mol. The van der Waals surface area contributed by atoms with Crippen molar-refractivity contribution in [2.45, 2.75) is 31.6 Å². The third-order valence-corrected chi connectivity index (χ3v) is 5.28. The molecule has 3 aromatic rings. The van der Waals surface area contributed by atoms with Crippen molar-refractivity contribution in [1.82, 2.24) is 20.2 Å². The lowest BCUT2D eigenvalue weighted by Gasteiger charge is -2.02. The van der Waals surface area contributed by atoms with E-state index in [4.69, 9.17) is 0 Å². The van der Waals surface area contributed by atoms with E-state index in [1.54, 1.807) is 11.8 Å². The number of rotatable bonds is 5. The molecule has 3 rings (SSSR count). The van der Waals surface area contributed by atoms with E-state index in [0.29, 0.717) is 10.8 Å². The molecule has 8 heteroatoms. The van der Waals surface area contributed by atoms with Gasteiger partial charge in [0.05, 0.1) is 5.75 Å². The number of hydrogen-bond donors (Lipinski definition) is 1. The fourth-order valence-electron chi connectivity index (χ4n) is 2.12. The molecule has 0 radical (unpaired) electrons. The van der Waals surface area contributed by atoms with Gasteiger partial charge in [0, 0.05) is 11.4 Å². The minimum atomic E-state index is -0.244. The average molecular weight is 371 g/mol. The highest BCUT2D eigenvalue weighted by atomic mass is 32.2. The number of anilines is 1. The zero-order valence-corrected chi connectivity index (χ0v) is 15.7. The Morgan fingerprint density at radius 2 is 1.88 bits per heavy atom. The maximum atomic E-state index is 12.2. The minimum Gasteiger partial charge on any atom is -0.320 e. The maximum Gasteiger partial charge on any atom is 0.286 e. The molecule has 0 aliphatic rings. The second kappa shape index (κ2) is 7.71. The molecular weight excluding hydrogens is 354 g/mol. The van der Waals surface area contributed by atoms with Crippen LogP contribution in [-0.2, 0) is 5.75 Å². The lowest BCUT2D eigenvalue weighted by Crippen LogP contribution is -2.11. The molecule has 128 valence electrons. The number of nitrogens with zero attached hydrogens (tertiary/aromatic N) is 4. The van der Waals surface area contributed by atoms with Crippen molar-refractivity contribution in [2.24, 2.45) is 0 Å². The molecule has 1 aromatic carbocycles. The summed E-state index contributed by atoms with van der Waals surface area (Å²) in [6.45, 7) is 5.81. The van der Waals surface area contributed by atoms with Crippen LogP contribution in [0, 0.1) is 20.8 Å². The van der Waals surface area contributed by atoms with Crippen molar-refractivity contribution in [3.8, 4) is 0 Å². The summed E-state index contributed by atoms with van der Waals surface area (Å²) in [5, 5.41) is 12.9. The SMILES string of the molecule is Cc1ccc(NC(=O)c2nnc(CSc3cc(C)nc(C)n3)s2)cc1. The Morgan fingerprint density at radius 1 is 1.12 bits per heavy atom. The van der Waals surface area contributed by atoms with Crippen LogP contribution in [-0.4, -0.2) is 26.1 Å². The Labute approximate surface area is 154 Å². The van der Waals surface area contributed by atoms with E-state index in [9.17, 15) is 4.79 Å². The first-order valence-electron chi connectivity index (χ1n) is 7.65. The van der Waals surface area contributed by atoms with Gasteiger partial charge in [-0.05, 0) is 39.0 Å². The van der Waals surface area contributed by atoms with Gasteiger partial charge in [-0.2, -0.15) is 0 Å². The maximum absolute atomic E-state index is 12.2. The van der Waals surface area contributed by atoms with Crippen LogP contribution in [0.15, 0.2) is 35.4 Å². The molecule has 0 bridgehead atoms. The van der Waals surface area contributed by atoms with E-state index in [0.717, 1.165) is 32.8 Å². The van der Waals surface area contributed by atoms with Crippen molar-refractivity contribution >= 4 is 34.7 Å². The van der Waals surface area contributed by atoms with Gasteiger partial charge in [-0.25, -0.2) is 9.97 Å². The third-order valence-electron chi connectivity index (χ3n) is 3.26. The molecule has 2 aromatic heterocycles. The number of amides is 1. The smallest absolute Gasteiger partial charge is 0.286 e. The van der Waals surface area contributed by atoms with Crippen LogP contribution >= 0.6 is 23.1 Å². The highest BCUT2D eigenvalue weighted by molar-refractivity contribution is 7.98.